The van der Waals surface area contributed by atoms with Crippen molar-refractivity contribution in [1.29, 1.82) is 5.26 Å². The number of hydrogen-bond donors (Lipinski definition) is 0. The third-order valence-electron chi connectivity index (χ3n) is 1.87. The lowest BCUT2D eigenvalue weighted by molar-refractivity contribution is 0.623. The van der Waals surface area contributed by atoms with Gasteiger partial charge in [0, 0.05) is 5.88 Å². The van der Waals surface area contributed by atoms with Gasteiger partial charge in [-0.1, -0.05) is 23.7 Å². The summed E-state index contributed by atoms with van der Waals surface area (Å²) in [6.07, 6.45) is 0.386. The van der Waals surface area contributed by atoms with Crippen LogP contribution < -0.4 is 0 Å². The van der Waals surface area contributed by atoms with Crippen molar-refractivity contribution in [1.82, 2.24) is 0 Å². The van der Waals surface area contributed by atoms with Gasteiger partial charge in [0.05, 0.1) is 17.0 Å². The highest BCUT2D eigenvalue weighted by Gasteiger charge is 2.11. The van der Waals surface area contributed by atoms with E-state index in [-0.39, 0.29) is 16.8 Å². The van der Waals surface area contributed by atoms with Crippen molar-refractivity contribution >= 4 is 23.2 Å². The molecule has 0 fully saturated rings. The van der Waals surface area contributed by atoms with Crippen LogP contribution in [0.5, 0.6) is 0 Å². The first kappa shape index (κ1) is 11.3. The molecule has 0 aliphatic carbocycles. The largest absolute Gasteiger partial charge is 0.205 e. The Labute approximate surface area is 92.1 Å². The molecule has 1 unspecified atom stereocenters. The molecule has 4 heteroatoms. The van der Waals surface area contributed by atoms with Gasteiger partial charge < -0.3 is 0 Å². The van der Waals surface area contributed by atoms with E-state index in [9.17, 15) is 4.39 Å². The number of halogens is 3. The normalized spacial score (nSPS) is 12.1. The minimum absolute atomic E-state index is 0.0814. The Balaban J connectivity index is 2.87. The summed E-state index contributed by atoms with van der Waals surface area (Å²) >= 11 is 11.3. The number of benzene rings is 1. The van der Waals surface area contributed by atoms with Crippen LogP contribution >= 0.6 is 23.2 Å². The standard InChI is InChI=1S/C10H8Cl2FN/c11-5-7(6-14)4-8-2-1-3-9(13)10(8)12/h1-3,7H,4-5H2. The fourth-order valence-electron chi connectivity index (χ4n) is 1.11. The SMILES string of the molecule is N#CC(CCl)Cc1cccc(F)c1Cl. The zero-order valence-corrected chi connectivity index (χ0v) is 8.82. The van der Waals surface area contributed by atoms with Crippen LogP contribution in [0.4, 0.5) is 4.39 Å². The minimum Gasteiger partial charge on any atom is -0.205 e. The predicted molar refractivity (Wildman–Crippen MR) is 54.9 cm³/mol. The summed E-state index contributed by atoms with van der Waals surface area (Å²) in [5, 5.41) is 8.76. The number of nitrogens with zero attached hydrogens (tertiary/aromatic N) is 1. The monoisotopic (exact) mass is 231 g/mol. The Morgan fingerprint density at radius 2 is 2.21 bits per heavy atom. The van der Waals surface area contributed by atoms with Crippen LogP contribution in [0, 0.1) is 23.1 Å². The van der Waals surface area contributed by atoms with Crippen molar-refractivity contribution in [2.24, 2.45) is 5.92 Å². The maximum absolute atomic E-state index is 13.0. The van der Waals surface area contributed by atoms with Gasteiger partial charge in [0.15, 0.2) is 0 Å². The molecule has 0 saturated heterocycles. The molecule has 74 valence electrons. The topological polar surface area (TPSA) is 23.8 Å². The van der Waals surface area contributed by atoms with Crippen molar-refractivity contribution in [2.75, 3.05) is 5.88 Å². The van der Waals surface area contributed by atoms with E-state index >= 15 is 0 Å². The molecule has 0 aliphatic heterocycles. The summed E-state index contributed by atoms with van der Waals surface area (Å²) in [4.78, 5) is 0. The minimum atomic E-state index is -0.463. The molecule has 0 aromatic heterocycles. The predicted octanol–water partition coefficient (Wildman–Crippen LogP) is 3.40. The fourth-order valence-corrected chi connectivity index (χ4v) is 1.49. The zero-order valence-electron chi connectivity index (χ0n) is 7.30. The van der Waals surface area contributed by atoms with Crippen molar-refractivity contribution < 1.29 is 4.39 Å². The van der Waals surface area contributed by atoms with Crippen molar-refractivity contribution in [3.8, 4) is 6.07 Å². The van der Waals surface area contributed by atoms with E-state index in [1.165, 1.54) is 6.07 Å². The fraction of sp³-hybridized carbons (Fsp3) is 0.300. The molecular weight excluding hydrogens is 224 g/mol. The van der Waals surface area contributed by atoms with E-state index in [1.54, 1.807) is 12.1 Å². The molecule has 1 rings (SSSR count). The zero-order chi connectivity index (χ0) is 10.6. The molecule has 0 aliphatic rings. The summed E-state index contributed by atoms with van der Waals surface area (Å²) in [6, 6.07) is 6.58. The van der Waals surface area contributed by atoms with Gasteiger partial charge in [0.2, 0.25) is 0 Å². The summed E-state index contributed by atoms with van der Waals surface area (Å²) in [7, 11) is 0. The highest BCUT2D eigenvalue weighted by atomic mass is 35.5. The second-order valence-corrected chi connectivity index (χ2v) is 3.58. The molecule has 0 amide bonds. The van der Waals surface area contributed by atoms with Crippen molar-refractivity contribution in [2.45, 2.75) is 6.42 Å². The first-order valence-corrected chi connectivity index (χ1v) is 4.98. The summed E-state index contributed by atoms with van der Waals surface area (Å²) < 4.78 is 13.0. The molecule has 0 heterocycles. The molecule has 1 atom stereocenters. The Hall–Kier alpha value is -0.780. The van der Waals surface area contributed by atoms with Gasteiger partial charge in [-0.15, -0.1) is 11.6 Å². The Morgan fingerprint density at radius 3 is 2.79 bits per heavy atom. The second-order valence-electron chi connectivity index (χ2n) is 2.90. The Morgan fingerprint density at radius 1 is 1.50 bits per heavy atom. The molecule has 1 aromatic carbocycles. The van der Waals surface area contributed by atoms with Gasteiger partial charge >= 0.3 is 0 Å². The van der Waals surface area contributed by atoms with Crippen LogP contribution in [0.15, 0.2) is 18.2 Å². The van der Waals surface area contributed by atoms with E-state index < -0.39 is 5.82 Å². The van der Waals surface area contributed by atoms with E-state index in [0.717, 1.165) is 0 Å². The summed E-state index contributed by atoms with van der Waals surface area (Å²) in [5.74, 6) is -0.560. The van der Waals surface area contributed by atoms with Crippen molar-refractivity contribution in [3.05, 3.63) is 34.6 Å². The lowest BCUT2D eigenvalue weighted by Gasteiger charge is -2.07. The van der Waals surface area contributed by atoms with Gasteiger partial charge in [-0.25, -0.2) is 4.39 Å². The van der Waals surface area contributed by atoms with E-state index in [1.807, 2.05) is 6.07 Å². The highest BCUT2D eigenvalue weighted by Crippen LogP contribution is 2.22. The first-order valence-electron chi connectivity index (χ1n) is 4.07. The van der Waals surface area contributed by atoms with E-state index in [0.29, 0.717) is 12.0 Å². The van der Waals surface area contributed by atoms with Crippen LogP contribution in [0.1, 0.15) is 5.56 Å². The number of nitriles is 1. The van der Waals surface area contributed by atoms with Crippen LogP contribution in [-0.4, -0.2) is 5.88 Å². The van der Waals surface area contributed by atoms with Crippen LogP contribution in [-0.2, 0) is 6.42 Å². The molecule has 0 N–H and O–H groups in total. The first-order chi connectivity index (χ1) is 6.69. The van der Waals surface area contributed by atoms with Crippen LogP contribution in [0.3, 0.4) is 0 Å². The summed E-state index contributed by atoms with van der Waals surface area (Å²) in [5.41, 5.74) is 0.624. The molecule has 14 heavy (non-hydrogen) atoms. The van der Waals surface area contributed by atoms with Crippen LogP contribution in [0.2, 0.25) is 5.02 Å². The second kappa shape index (κ2) is 5.19. The maximum Gasteiger partial charge on any atom is 0.142 e. The molecule has 1 nitrogen and oxygen atoms in total. The molecule has 0 radical (unpaired) electrons. The van der Waals surface area contributed by atoms with Crippen LogP contribution in [0.25, 0.3) is 0 Å². The average molecular weight is 232 g/mol. The third-order valence-corrected chi connectivity index (χ3v) is 2.66. The lowest BCUT2D eigenvalue weighted by atomic mass is 10.0. The maximum atomic E-state index is 13.0. The molecule has 0 saturated carbocycles. The Bertz CT molecular complexity index is 360. The number of rotatable bonds is 3. The van der Waals surface area contributed by atoms with Gasteiger partial charge in [-0.3, -0.25) is 0 Å². The average Bonchev–Trinajstić information content (AvgIpc) is 2.20. The Kier molecular flexibility index (Phi) is 4.19. The molecule has 0 spiro atoms. The highest BCUT2D eigenvalue weighted by molar-refractivity contribution is 6.31. The number of hydrogen-bond acceptors (Lipinski definition) is 1. The van der Waals surface area contributed by atoms with E-state index in [4.69, 9.17) is 28.5 Å². The third kappa shape index (κ3) is 2.60. The number of alkyl halides is 1. The quantitative estimate of drug-likeness (QED) is 0.732. The van der Waals surface area contributed by atoms with Gasteiger partial charge in [-0.05, 0) is 18.1 Å². The summed E-state index contributed by atoms with van der Waals surface area (Å²) in [6.45, 7) is 0. The lowest BCUT2D eigenvalue weighted by Crippen LogP contribution is -2.04. The smallest absolute Gasteiger partial charge is 0.142 e. The van der Waals surface area contributed by atoms with Gasteiger partial charge in [0.1, 0.15) is 5.82 Å². The van der Waals surface area contributed by atoms with Crippen molar-refractivity contribution in [3.63, 3.8) is 0 Å². The van der Waals surface area contributed by atoms with Gasteiger partial charge in [0.25, 0.3) is 0 Å². The van der Waals surface area contributed by atoms with Gasteiger partial charge in [-0.2, -0.15) is 5.26 Å². The molecular formula is C10H8Cl2FN. The van der Waals surface area contributed by atoms with E-state index in [2.05, 4.69) is 0 Å². The molecule has 0 bridgehead atoms. The molecule has 1 aromatic rings.